The van der Waals surface area contributed by atoms with E-state index < -0.39 is 26.6 Å². The fraction of sp³-hybridized carbons (Fsp3) is 0.0741. The van der Waals surface area contributed by atoms with Gasteiger partial charge in [-0.25, -0.2) is 27.2 Å². The maximum atomic E-state index is 14.2. The topological polar surface area (TPSA) is 125 Å². The maximum absolute atomic E-state index is 14.2. The SMILES string of the molecule is COc1ccc(Cn2cc(-c3ccnc(N)n3)c(-c3cccc(NS(=O)(=O)c4cc(F)ccc4F)c3)n2)cc1. The normalized spacial score (nSPS) is 11.4. The summed E-state index contributed by atoms with van der Waals surface area (Å²) in [6, 6.07) is 17.9. The zero-order valence-corrected chi connectivity index (χ0v) is 21.4. The van der Waals surface area contributed by atoms with Gasteiger partial charge in [0.2, 0.25) is 5.95 Å². The Morgan fingerprint density at radius 2 is 1.82 bits per heavy atom. The highest BCUT2D eigenvalue weighted by Gasteiger charge is 2.21. The summed E-state index contributed by atoms with van der Waals surface area (Å²) >= 11 is 0. The molecule has 0 aliphatic rings. The van der Waals surface area contributed by atoms with Crippen LogP contribution in [0.1, 0.15) is 5.56 Å². The van der Waals surface area contributed by atoms with Crippen LogP contribution in [0.25, 0.3) is 22.5 Å². The second-order valence-corrected chi connectivity index (χ2v) is 10.1. The Morgan fingerprint density at radius 1 is 1.03 bits per heavy atom. The van der Waals surface area contributed by atoms with Crippen molar-refractivity contribution in [2.45, 2.75) is 11.4 Å². The summed E-state index contributed by atoms with van der Waals surface area (Å²) in [5, 5.41) is 4.74. The predicted molar refractivity (Wildman–Crippen MR) is 142 cm³/mol. The van der Waals surface area contributed by atoms with Gasteiger partial charge in [-0.3, -0.25) is 9.40 Å². The van der Waals surface area contributed by atoms with E-state index in [0.717, 1.165) is 23.4 Å². The van der Waals surface area contributed by atoms with Crippen LogP contribution in [0, 0.1) is 11.6 Å². The number of hydrogen-bond donors (Lipinski definition) is 2. The number of methoxy groups -OCH3 is 1. The van der Waals surface area contributed by atoms with Gasteiger partial charge in [-0.1, -0.05) is 24.3 Å². The number of rotatable bonds is 8. The summed E-state index contributed by atoms with van der Waals surface area (Å²) in [7, 11) is -2.82. The van der Waals surface area contributed by atoms with Crippen molar-refractivity contribution in [2.75, 3.05) is 17.6 Å². The molecular weight excluding hydrogens is 526 g/mol. The molecule has 0 saturated carbocycles. The summed E-state index contributed by atoms with van der Waals surface area (Å²) in [4.78, 5) is 7.47. The first kappa shape index (κ1) is 25.8. The summed E-state index contributed by atoms with van der Waals surface area (Å²) in [6.45, 7) is 0.433. The molecule has 0 aliphatic heterocycles. The summed E-state index contributed by atoms with van der Waals surface area (Å²) in [6.07, 6.45) is 3.33. The van der Waals surface area contributed by atoms with Crippen LogP contribution in [-0.2, 0) is 16.6 Å². The Bertz CT molecular complexity index is 1760. The third kappa shape index (κ3) is 5.70. The molecule has 2 aromatic heterocycles. The van der Waals surface area contributed by atoms with Crippen molar-refractivity contribution in [3.63, 3.8) is 0 Å². The number of ether oxygens (including phenoxy) is 1. The van der Waals surface area contributed by atoms with Gasteiger partial charge in [0.05, 0.1) is 19.3 Å². The molecule has 2 heterocycles. The smallest absolute Gasteiger partial charge is 0.264 e. The van der Waals surface area contributed by atoms with E-state index in [1.54, 1.807) is 42.3 Å². The van der Waals surface area contributed by atoms with Crippen molar-refractivity contribution in [3.05, 3.63) is 102 Å². The van der Waals surface area contributed by atoms with Gasteiger partial charge in [0.15, 0.2) is 0 Å². The minimum absolute atomic E-state index is 0.0833. The number of halogens is 2. The van der Waals surface area contributed by atoms with Crippen molar-refractivity contribution in [1.82, 2.24) is 19.7 Å². The number of nitrogens with zero attached hydrogens (tertiary/aromatic N) is 4. The Morgan fingerprint density at radius 3 is 2.56 bits per heavy atom. The Labute approximate surface area is 223 Å². The molecule has 0 atom stereocenters. The number of nitrogen functional groups attached to an aromatic ring is 1. The lowest BCUT2D eigenvalue weighted by Crippen LogP contribution is -2.15. The molecule has 198 valence electrons. The highest BCUT2D eigenvalue weighted by Crippen LogP contribution is 2.32. The average Bonchev–Trinajstić information content (AvgIpc) is 3.34. The first-order valence-corrected chi connectivity index (χ1v) is 13.1. The molecule has 0 amide bonds. The average molecular weight is 549 g/mol. The highest BCUT2D eigenvalue weighted by molar-refractivity contribution is 7.92. The van der Waals surface area contributed by atoms with Crippen molar-refractivity contribution < 1.29 is 21.9 Å². The number of hydrogen-bond acceptors (Lipinski definition) is 7. The molecule has 0 fully saturated rings. The van der Waals surface area contributed by atoms with E-state index in [1.165, 1.54) is 12.3 Å². The predicted octanol–water partition coefficient (Wildman–Crippen LogP) is 4.73. The van der Waals surface area contributed by atoms with E-state index in [-0.39, 0.29) is 11.6 Å². The zero-order valence-electron chi connectivity index (χ0n) is 20.5. The largest absolute Gasteiger partial charge is 0.497 e. The molecule has 5 aromatic rings. The number of anilines is 2. The second kappa shape index (κ2) is 10.5. The lowest BCUT2D eigenvalue weighted by Gasteiger charge is -2.10. The molecule has 0 radical (unpaired) electrons. The monoisotopic (exact) mass is 548 g/mol. The van der Waals surface area contributed by atoms with Crippen LogP contribution in [-0.4, -0.2) is 35.3 Å². The highest BCUT2D eigenvalue weighted by atomic mass is 32.2. The van der Waals surface area contributed by atoms with Gasteiger partial charge in [0, 0.05) is 29.2 Å². The Hall–Kier alpha value is -4.84. The Balaban J connectivity index is 1.53. The van der Waals surface area contributed by atoms with Gasteiger partial charge in [-0.05, 0) is 54.1 Å². The quantitative estimate of drug-likeness (QED) is 0.287. The molecule has 39 heavy (non-hydrogen) atoms. The molecule has 0 bridgehead atoms. The zero-order chi connectivity index (χ0) is 27.6. The standard InChI is InChI=1S/C27H22F2N6O3S/c1-38-21-8-5-17(6-9-21)15-35-16-22(24-11-12-31-27(30)32-24)26(33-35)18-3-2-4-20(13-18)34-39(36,37)25-14-19(28)7-10-23(25)29/h2-14,16,34H,15H2,1H3,(H2,30,31,32). The van der Waals surface area contributed by atoms with Crippen molar-refractivity contribution in [2.24, 2.45) is 0 Å². The van der Waals surface area contributed by atoms with Crippen LogP contribution in [0.3, 0.4) is 0 Å². The van der Waals surface area contributed by atoms with Crippen molar-refractivity contribution in [3.8, 4) is 28.3 Å². The molecule has 0 saturated heterocycles. The van der Waals surface area contributed by atoms with Gasteiger partial charge < -0.3 is 10.5 Å². The number of aromatic nitrogens is 4. The van der Waals surface area contributed by atoms with Gasteiger partial charge >= 0.3 is 0 Å². The van der Waals surface area contributed by atoms with Crippen molar-refractivity contribution in [1.29, 1.82) is 0 Å². The van der Waals surface area contributed by atoms with Crippen LogP contribution in [0.5, 0.6) is 5.75 Å². The summed E-state index contributed by atoms with van der Waals surface area (Å²) in [5.74, 6) is -1.13. The maximum Gasteiger partial charge on any atom is 0.264 e. The van der Waals surface area contributed by atoms with Crippen LogP contribution in [0.2, 0.25) is 0 Å². The van der Waals surface area contributed by atoms with Gasteiger partial charge in [-0.15, -0.1) is 0 Å². The third-order valence-corrected chi connectivity index (χ3v) is 7.18. The molecule has 0 spiro atoms. The minimum Gasteiger partial charge on any atom is -0.497 e. The molecule has 0 aliphatic carbocycles. The molecule has 9 nitrogen and oxygen atoms in total. The molecule has 12 heteroatoms. The van der Waals surface area contributed by atoms with Crippen LogP contribution >= 0.6 is 0 Å². The molecule has 3 N–H and O–H groups in total. The fourth-order valence-electron chi connectivity index (χ4n) is 3.97. The molecule has 0 unspecified atom stereocenters. The lowest BCUT2D eigenvalue weighted by molar-refractivity contribution is 0.414. The van der Waals surface area contributed by atoms with Gasteiger partial charge in [0.25, 0.3) is 10.0 Å². The number of sulfonamides is 1. The number of benzene rings is 3. The summed E-state index contributed by atoms with van der Waals surface area (Å²) in [5.41, 5.74) is 9.13. The Kier molecular flexibility index (Phi) is 6.94. The lowest BCUT2D eigenvalue weighted by atomic mass is 10.1. The molecule has 5 rings (SSSR count). The van der Waals surface area contributed by atoms with E-state index in [2.05, 4.69) is 14.7 Å². The third-order valence-electron chi connectivity index (χ3n) is 5.79. The second-order valence-electron chi connectivity index (χ2n) is 8.50. The first-order chi connectivity index (χ1) is 18.7. The van der Waals surface area contributed by atoms with E-state index in [0.29, 0.717) is 35.1 Å². The minimum atomic E-state index is -4.41. The van der Waals surface area contributed by atoms with Gasteiger partial charge in [0.1, 0.15) is 28.0 Å². The van der Waals surface area contributed by atoms with E-state index in [1.807, 2.05) is 24.3 Å². The van der Waals surface area contributed by atoms with E-state index >= 15 is 0 Å². The van der Waals surface area contributed by atoms with E-state index in [9.17, 15) is 17.2 Å². The van der Waals surface area contributed by atoms with Gasteiger partial charge in [-0.2, -0.15) is 5.10 Å². The van der Waals surface area contributed by atoms with Crippen molar-refractivity contribution >= 4 is 21.7 Å². The van der Waals surface area contributed by atoms with Crippen LogP contribution in [0.15, 0.2) is 90.1 Å². The van der Waals surface area contributed by atoms with Crippen LogP contribution < -0.4 is 15.2 Å². The van der Waals surface area contributed by atoms with E-state index in [4.69, 9.17) is 15.6 Å². The molecule has 3 aromatic carbocycles. The van der Waals surface area contributed by atoms with Crippen LogP contribution in [0.4, 0.5) is 20.4 Å². The number of nitrogens with one attached hydrogen (secondary N) is 1. The number of nitrogens with two attached hydrogens (primary N) is 1. The molecular formula is C27H22F2N6O3S. The summed E-state index contributed by atoms with van der Waals surface area (Å²) < 4.78 is 62.7. The first-order valence-electron chi connectivity index (χ1n) is 11.6. The fourth-order valence-corrected chi connectivity index (χ4v) is 5.11.